The number of hydrazone groups is 1. The summed E-state index contributed by atoms with van der Waals surface area (Å²) in [6, 6.07) is 2.19. The molecule has 0 bridgehead atoms. The number of halogens is 3. The quantitative estimate of drug-likeness (QED) is 0.863. The van der Waals surface area contributed by atoms with E-state index in [0.717, 1.165) is 30.1 Å². The van der Waals surface area contributed by atoms with Crippen molar-refractivity contribution in [3.8, 4) is 0 Å². The maximum atomic E-state index is 12.7. The average molecular weight is 383 g/mol. The number of nitrogens with zero attached hydrogens (tertiary/aromatic N) is 4. The summed E-state index contributed by atoms with van der Waals surface area (Å²) in [6.07, 6.45) is -1.52. The highest BCUT2D eigenvalue weighted by molar-refractivity contribution is 6.39. The summed E-state index contributed by atoms with van der Waals surface area (Å²) in [7, 11) is 1.51. The molecule has 2 aliphatic heterocycles. The average Bonchev–Trinajstić information content (AvgIpc) is 2.63. The van der Waals surface area contributed by atoms with Crippen molar-refractivity contribution >= 4 is 23.3 Å². The number of carbonyl (C=O) groups is 2. The predicted molar refractivity (Wildman–Crippen MR) is 92.1 cm³/mol. The van der Waals surface area contributed by atoms with Crippen molar-refractivity contribution in [1.29, 1.82) is 0 Å². The first kappa shape index (κ1) is 19.1. The van der Waals surface area contributed by atoms with Crippen molar-refractivity contribution in [1.82, 2.24) is 15.3 Å². The Labute approximate surface area is 154 Å². The van der Waals surface area contributed by atoms with E-state index in [2.05, 4.69) is 15.4 Å². The number of carbonyl (C=O) groups excluding carboxylic acids is 2. The van der Waals surface area contributed by atoms with Gasteiger partial charge in [-0.05, 0) is 25.0 Å². The number of rotatable bonds is 3. The third-order valence-corrected chi connectivity index (χ3v) is 4.63. The summed E-state index contributed by atoms with van der Waals surface area (Å²) in [6.45, 7) is 1.11. The maximum Gasteiger partial charge on any atom is 0.417 e. The monoisotopic (exact) mass is 383 g/mol. The number of aromatic nitrogens is 1. The lowest BCUT2D eigenvalue weighted by Crippen LogP contribution is -2.50. The molecule has 0 radical (unpaired) electrons. The number of hydrogen-bond acceptors (Lipinski definition) is 5. The number of pyridine rings is 1. The van der Waals surface area contributed by atoms with E-state index in [1.807, 2.05) is 4.90 Å². The summed E-state index contributed by atoms with van der Waals surface area (Å²) >= 11 is 0. The Bertz CT molecular complexity index is 748. The zero-order valence-electron chi connectivity index (χ0n) is 14.8. The van der Waals surface area contributed by atoms with Crippen molar-refractivity contribution in [3.63, 3.8) is 0 Å². The Morgan fingerprint density at radius 2 is 2.07 bits per heavy atom. The molecule has 1 aromatic heterocycles. The number of alkyl halides is 3. The SMILES string of the molecule is CN1N=C(C(=O)N[C@@H]2CCCN(c3ccc(C(F)(F)F)cn3)C2)CCC1=O. The molecule has 146 valence electrons. The van der Waals surface area contributed by atoms with Crippen LogP contribution < -0.4 is 10.2 Å². The van der Waals surface area contributed by atoms with Gasteiger partial charge >= 0.3 is 6.18 Å². The van der Waals surface area contributed by atoms with Gasteiger partial charge in [0.25, 0.3) is 5.91 Å². The third-order valence-electron chi connectivity index (χ3n) is 4.63. The van der Waals surface area contributed by atoms with Crippen LogP contribution in [0.25, 0.3) is 0 Å². The number of nitrogens with one attached hydrogen (secondary N) is 1. The second kappa shape index (κ2) is 7.53. The van der Waals surface area contributed by atoms with Gasteiger partial charge in [0.1, 0.15) is 11.5 Å². The first-order chi connectivity index (χ1) is 12.7. The van der Waals surface area contributed by atoms with Gasteiger partial charge in [-0.25, -0.2) is 9.99 Å². The Balaban J connectivity index is 1.62. The molecule has 0 unspecified atom stereocenters. The molecule has 10 heteroatoms. The molecular formula is C17H20F3N5O2. The number of hydrogen-bond donors (Lipinski definition) is 1. The molecule has 2 amide bonds. The Kier molecular flexibility index (Phi) is 5.33. The van der Waals surface area contributed by atoms with Crippen molar-refractivity contribution in [2.45, 2.75) is 37.9 Å². The molecule has 0 aromatic carbocycles. The molecule has 1 fully saturated rings. The van der Waals surface area contributed by atoms with E-state index in [1.54, 1.807) is 0 Å². The lowest BCUT2D eigenvalue weighted by atomic mass is 10.0. The van der Waals surface area contributed by atoms with E-state index in [-0.39, 0.29) is 24.3 Å². The minimum Gasteiger partial charge on any atom is -0.355 e. The van der Waals surface area contributed by atoms with Gasteiger partial charge < -0.3 is 10.2 Å². The van der Waals surface area contributed by atoms with Crippen molar-refractivity contribution in [3.05, 3.63) is 23.9 Å². The summed E-state index contributed by atoms with van der Waals surface area (Å²) in [5, 5.41) is 8.06. The summed E-state index contributed by atoms with van der Waals surface area (Å²) in [5.41, 5.74) is -0.482. The lowest BCUT2D eigenvalue weighted by Gasteiger charge is -2.34. The molecule has 1 N–H and O–H groups in total. The molecule has 0 saturated carbocycles. The van der Waals surface area contributed by atoms with Crippen LogP contribution in [0.4, 0.5) is 19.0 Å². The molecular weight excluding hydrogens is 363 g/mol. The second-order valence-corrected chi connectivity index (χ2v) is 6.63. The van der Waals surface area contributed by atoms with Crippen LogP contribution in [0.15, 0.2) is 23.4 Å². The fraction of sp³-hybridized carbons (Fsp3) is 0.529. The molecule has 7 nitrogen and oxygen atoms in total. The minimum absolute atomic E-state index is 0.135. The van der Waals surface area contributed by atoms with Crippen LogP contribution >= 0.6 is 0 Å². The zero-order valence-corrected chi connectivity index (χ0v) is 14.8. The van der Waals surface area contributed by atoms with Gasteiger partial charge in [0.2, 0.25) is 5.91 Å². The third kappa shape index (κ3) is 4.55. The highest BCUT2D eigenvalue weighted by atomic mass is 19.4. The van der Waals surface area contributed by atoms with Crippen LogP contribution in [0.3, 0.4) is 0 Å². The van der Waals surface area contributed by atoms with Crippen molar-refractivity contribution in [2.24, 2.45) is 5.10 Å². The molecule has 2 aliphatic rings. The molecule has 1 saturated heterocycles. The second-order valence-electron chi connectivity index (χ2n) is 6.63. The van der Waals surface area contributed by atoms with Crippen LogP contribution in [0.2, 0.25) is 0 Å². The van der Waals surface area contributed by atoms with E-state index in [9.17, 15) is 22.8 Å². The highest BCUT2D eigenvalue weighted by Gasteiger charge is 2.31. The van der Waals surface area contributed by atoms with Gasteiger partial charge in [0.05, 0.1) is 5.56 Å². The van der Waals surface area contributed by atoms with Gasteiger partial charge in [-0.1, -0.05) is 0 Å². The van der Waals surface area contributed by atoms with Gasteiger partial charge in [-0.15, -0.1) is 0 Å². The Morgan fingerprint density at radius 3 is 2.70 bits per heavy atom. The van der Waals surface area contributed by atoms with E-state index >= 15 is 0 Å². The van der Waals surface area contributed by atoms with E-state index in [0.29, 0.717) is 31.0 Å². The summed E-state index contributed by atoms with van der Waals surface area (Å²) < 4.78 is 38.0. The highest BCUT2D eigenvalue weighted by Crippen LogP contribution is 2.29. The Hall–Kier alpha value is -2.65. The standard InChI is InChI=1S/C17H20F3N5O2/c1-24-15(26)7-5-13(23-24)16(27)22-12-3-2-8-25(10-12)14-6-4-11(9-21-14)17(18,19)20/h4,6,9,12H,2-3,5,7-8,10H2,1H3,(H,22,27)/t12-/m1/s1. The van der Waals surface area contributed by atoms with Gasteiger partial charge in [0, 0.05) is 45.2 Å². The zero-order chi connectivity index (χ0) is 19.6. The minimum atomic E-state index is -4.42. The van der Waals surface area contributed by atoms with E-state index in [1.165, 1.54) is 13.1 Å². The summed E-state index contributed by atoms with van der Waals surface area (Å²) in [5.74, 6) is -0.00682. The largest absolute Gasteiger partial charge is 0.417 e. The summed E-state index contributed by atoms with van der Waals surface area (Å²) in [4.78, 5) is 29.6. The molecule has 1 atom stereocenters. The van der Waals surface area contributed by atoms with Gasteiger partial charge in [-0.3, -0.25) is 9.59 Å². The topological polar surface area (TPSA) is 77.9 Å². The lowest BCUT2D eigenvalue weighted by molar-refractivity contribution is -0.137. The number of piperidine rings is 1. The maximum absolute atomic E-state index is 12.7. The molecule has 0 aliphatic carbocycles. The fourth-order valence-electron chi connectivity index (χ4n) is 3.15. The first-order valence-electron chi connectivity index (χ1n) is 8.67. The smallest absolute Gasteiger partial charge is 0.355 e. The van der Waals surface area contributed by atoms with E-state index in [4.69, 9.17) is 0 Å². The van der Waals surface area contributed by atoms with Gasteiger partial charge in [-0.2, -0.15) is 18.3 Å². The van der Waals surface area contributed by atoms with Crippen LogP contribution in [-0.4, -0.2) is 53.7 Å². The van der Waals surface area contributed by atoms with Gasteiger partial charge in [0.15, 0.2) is 0 Å². The normalized spacial score (nSPS) is 21.1. The molecule has 1 aromatic rings. The fourth-order valence-corrected chi connectivity index (χ4v) is 3.15. The van der Waals surface area contributed by atoms with Crippen LogP contribution in [0.1, 0.15) is 31.2 Å². The van der Waals surface area contributed by atoms with E-state index < -0.39 is 11.7 Å². The Morgan fingerprint density at radius 1 is 1.30 bits per heavy atom. The number of amides is 2. The molecule has 0 spiro atoms. The molecule has 3 rings (SSSR count). The number of anilines is 1. The van der Waals surface area contributed by atoms with Crippen molar-refractivity contribution in [2.75, 3.05) is 25.0 Å². The molecule has 3 heterocycles. The van der Waals surface area contributed by atoms with Crippen LogP contribution in [0, 0.1) is 0 Å². The van der Waals surface area contributed by atoms with Crippen molar-refractivity contribution < 1.29 is 22.8 Å². The van der Waals surface area contributed by atoms with Crippen LogP contribution in [-0.2, 0) is 15.8 Å². The molecule has 27 heavy (non-hydrogen) atoms. The van der Waals surface area contributed by atoms with Crippen LogP contribution in [0.5, 0.6) is 0 Å². The first-order valence-corrected chi connectivity index (χ1v) is 8.67. The predicted octanol–water partition coefficient (Wildman–Crippen LogP) is 1.79.